The predicted octanol–water partition coefficient (Wildman–Crippen LogP) is 4.71. The first-order valence-corrected chi connectivity index (χ1v) is 14.9. The van der Waals surface area contributed by atoms with E-state index in [1.807, 2.05) is 74.6 Å². The minimum absolute atomic E-state index is 0.0463. The molecule has 236 valence electrons. The molecule has 44 heavy (non-hydrogen) atoms. The summed E-state index contributed by atoms with van der Waals surface area (Å²) in [5.74, 6) is -0.570. The second kappa shape index (κ2) is 15.8. The summed E-state index contributed by atoms with van der Waals surface area (Å²) < 4.78 is 18.0. The smallest absolute Gasteiger partial charge is 0.325 e. The molecule has 6 unspecified atom stereocenters. The van der Waals surface area contributed by atoms with E-state index in [0.717, 1.165) is 16.7 Å². The maximum Gasteiger partial charge on any atom is 0.325 e. The summed E-state index contributed by atoms with van der Waals surface area (Å²) in [6.45, 7) is 6.26. The molecular formula is C34H43N3O7. The lowest BCUT2D eigenvalue weighted by Gasteiger charge is -2.43. The van der Waals surface area contributed by atoms with Crippen LogP contribution in [0.5, 0.6) is 0 Å². The van der Waals surface area contributed by atoms with E-state index in [0.29, 0.717) is 17.8 Å². The Hall–Kier alpha value is -3.80. The van der Waals surface area contributed by atoms with E-state index in [1.165, 1.54) is 0 Å². The number of likely N-dealkylation sites (N-methyl/N-ethyl adjacent to an activating group) is 1. The highest BCUT2D eigenvalue weighted by Crippen LogP contribution is 2.42. The van der Waals surface area contributed by atoms with Gasteiger partial charge in [-0.25, -0.2) is 4.79 Å². The molecule has 10 nitrogen and oxygen atoms in total. The van der Waals surface area contributed by atoms with Crippen LogP contribution in [0.15, 0.2) is 78.9 Å². The third-order valence-electron chi connectivity index (χ3n) is 8.00. The molecule has 3 aromatic carbocycles. The van der Waals surface area contributed by atoms with Gasteiger partial charge in [-0.1, -0.05) is 73.7 Å². The van der Waals surface area contributed by atoms with Crippen molar-refractivity contribution >= 4 is 17.7 Å². The highest BCUT2D eigenvalue weighted by Gasteiger charge is 2.39. The number of carbonyl (C=O) groups is 2. The molecule has 0 bridgehead atoms. The molecule has 0 radical (unpaired) electrons. The van der Waals surface area contributed by atoms with Crippen molar-refractivity contribution in [2.24, 2.45) is 5.92 Å². The molecule has 2 amide bonds. The maximum absolute atomic E-state index is 12.4. The number of aliphatic hydroxyl groups excluding tert-OH is 2. The summed E-state index contributed by atoms with van der Waals surface area (Å²) in [6.07, 6.45) is -2.01. The summed E-state index contributed by atoms with van der Waals surface area (Å²) in [4.78, 5) is 26.1. The number of hydrogen-bond acceptors (Lipinski definition) is 8. The van der Waals surface area contributed by atoms with E-state index in [1.54, 1.807) is 25.1 Å². The first kappa shape index (κ1) is 33.1. The van der Waals surface area contributed by atoms with Gasteiger partial charge in [0.25, 0.3) is 0 Å². The molecule has 0 saturated carbocycles. The van der Waals surface area contributed by atoms with Crippen LogP contribution in [-0.2, 0) is 25.6 Å². The first-order chi connectivity index (χ1) is 21.2. The number of rotatable bonds is 12. The predicted molar refractivity (Wildman–Crippen MR) is 167 cm³/mol. The average molecular weight is 606 g/mol. The average Bonchev–Trinajstić information content (AvgIpc) is 3.04. The van der Waals surface area contributed by atoms with E-state index in [9.17, 15) is 19.8 Å². The number of carbonyl (C=O) groups excluding carboxylic acids is 2. The number of aliphatic hydroxyl groups is 2. The molecular weight excluding hydrogens is 562 g/mol. The Kier molecular flexibility index (Phi) is 11.9. The van der Waals surface area contributed by atoms with Gasteiger partial charge in [-0.3, -0.25) is 9.69 Å². The van der Waals surface area contributed by atoms with Gasteiger partial charge in [-0.05, 0) is 49.7 Å². The van der Waals surface area contributed by atoms with Gasteiger partial charge >= 0.3 is 12.0 Å². The molecule has 0 aromatic heterocycles. The summed E-state index contributed by atoms with van der Waals surface area (Å²) in [7, 11) is 1.97. The first-order valence-electron chi connectivity index (χ1n) is 14.9. The van der Waals surface area contributed by atoms with Crippen LogP contribution >= 0.6 is 0 Å². The summed E-state index contributed by atoms with van der Waals surface area (Å²) in [5, 5.41) is 25.8. The van der Waals surface area contributed by atoms with Crippen molar-refractivity contribution in [3.8, 4) is 0 Å². The Labute approximate surface area is 258 Å². The van der Waals surface area contributed by atoms with E-state index in [2.05, 4.69) is 22.5 Å². The standard InChI is InChI=1S/C34H43N3O7/c1-5-42-30(39)19-35-34(41)36-28-13-9-12-27(18-28)33-43-29(20-37(4)23(3)31(40)25-10-7-6-8-11-25)22(2)32(44-33)26-16-14-24(21-38)15-17-26/h6-18,22-23,29,31-33,38,40H,5,19-21H2,1-4H3,(H2,35,36,41). The summed E-state index contributed by atoms with van der Waals surface area (Å²) in [5.41, 5.74) is 3.84. The minimum Gasteiger partial charge on any atom is -0.465 e. The van der Waals surface area contributed by atoms with Gasteiger partial charge in [0.15, 0.2) is 6.29 Å². The van der Waals surface area contributed by atoms with Crippen molar-refractivity contribution in [2.75, 3.05) is 32.1 Å². The molecule has 4 rings (SSSR count). The van der Waals surface area contributed by atoms with Gasteiger partial charge in [0, 0.05) is 29.8 Å². The summed E-state index contributed by atoms with van der Waals surface area (Å²) in [6, 6.07) is 23.7. The van der Waals surface area contributed by atoms with Crippen LogP contribution in [-0.4, -0.2) is 66.0 Å². The molecule has 3 aromatic rings. The lowest BCUT2D eigenvalue weighted by molar-refractivity contribution is -0.276. The molecule has 1 aliphatic rings. The van der Waals surface area contributed by atoms with Gasteiger partial charge < -0.3 is 35.1 Å². The van der Waals surface area contributed by atoms with Gasteiger partial charge in [0.1, 0.15) is 6.54 Å². The zero-order valence-corrected chi connectivity index (χ0v) is 25.7. The highest BCUT2D eigenvalue weighted by atomic mass is 16.7. The molecule has 0 spiro atoms. The molecule has 6 atom stereocenters. The van der Waals surface area contributed by atoms with Gasteiger partial charge in [-0.2, -0.15) is 0 Å². The quantitative estimate of drug-likeness (QED) is 0.219. The Morgan fingerprint density at radius 3 is 2.41 bits per heavy atom. The normalized spacial score (nSPS) is 21.3. The molecule has 1 saturated heterocycles. The van der Waals surface area contributed by atoms with Crippen molar-refractivity contribution in [1.29, 1.82) is 0 Å². The Morgan fingerprint density at radius 1 is 1.00 bits per heavy atom. The highest BCUT2D eigenvalue weighted by molar-refractivity contribution is 5.91. The lowest BCUT2D eigenvalue weighted by atomic mass is 9.89. The Balaban J connectivity index is 1.53. The van der Waals surface area contributed by atoms with E-state index in [4.69, 9.17) is 14.2 Å². The number of amides is 2. The molecule has 1 heterocycles. The molecule has 1 aliphatic heterocycles. The number of anilines is 1. The number of urea groups is 1. The third-order valence-corrected chi connectivity index (χ3v) is 8.00. The van der Waals surface area contributed by atoms with Crippen molar-refractivity contribution < 1.29 is 34.0 Å². The number of hydrogen-bond donors (Lipinski definition) is 4. The van der Waals surface area contributed by atoms with Crippen molar-refractivity contribution in [2.45, 2.75) is 58.0 Å². The largest absolute Gasteiger partial charge is 0.465 e. The van der Waals surface area contributed by atoms with E-state index < -0.39 is 24.4 Å². The van der Waals surface area contributed by atoms with Crippen LogP contribution in [0, 0.1) is 5.92 Å². The number of nitrogens with one attached hydrogen (secondary N) is 2. The zero-order valence-electron chi connectivity index (χ0n) is 25.7. The van der Waals surface area contributed by atoms with Gasteiger partial charge in [0.2, 0.25) is 0 Å². The number of benzene rings is 3. The van der Waals surface area contributed by atoms with Crippen LogP contribution in [0.25, 0.3) is 0 Å². The van der Waals surface area contributed by atoms with Gasteiger partial charge in [-0.15, -0.1) is 0 Å². The minimum atomic E-state index is -0.745. The summed E-state index contributed by atoms with van der Waals surface area (Å²) >= 11 is 0. The van der Waals surface area contributed by atoms with Crippen molar-refractivity contribution in [3.05, 3.63) is 101 Å². The van der Waals surface area contributed by atoms with Crippen LogP contribution in [0.4, 0.5) is 10.5 Å². The van der Waals surface area contributed by atoms with E-state index >= 15 is 0 Å². The van der Waals surface area contributed by atoms with Gasteiger partial charge in [0.05, 0.1) is 31.5 Å². The number of ether oxygens (including phenoxy) is 3. The fraction of sp³-hybridized carbons (Fsp3) is 0.412. The lowest BCUT2D eigenvalue weighted by Crippen LogP contribution is -2.46. The van der Waals surface area contributed by atoms with Crippen LogP contribution in [0.3, 0.4) is 0 Å². The third kappa shape index (κ3) is 8.64. The second-order valence-electron chi connectivity index (χ2n) is 11.1. The molecule has 1 fully saturated rings. The monoisotopic (exact) mass is 605 g/mol. The number of nitrogens with zero attached hydrogens (tertiary/aromatic N) is 1. The molecule has 10 heteroatoms. The van der Waals surface area contributed by atoms with Crippen molar-refractivity contribution in [1.82, 2.24) is 10.2 Å². The Morgan fingerprint density at radius 2 is 1.73 bits per heavy atom. The van der Waals surface area contributed by atoms with Crippen LogP contribution in [0.2, 0.25) is 0 Å². The fourth-order valence-corrected chi connectivity index (χ4v) is 5.25. The fourth-order valence-electron chi connectivity index (χ4n) is 5.25. The maximum atomic E-state index is 12.4. The van der Waals surface area contributed by atoms with Crippen LogP contribution < -0.4 is 10.6 Å². The topological polar surface area (TPSA) is 130 Å². The molecule has 4 N–H and O–H groups in total. The Bertz CT molecular complexity index is 1350. The van der Waals surface area contributed by atoms with E-state index in [-0.39, 0.29) is 43.9 Å². The number of esters is 1. The van der Waals surface area contributed by atoms with Crippen LogP contribution in [0.1, 0.15) is 61.5 Å². The SMILES string of the molecule is CCOC(=O)CNC(=O)Nc1cccc(C2OC(CN(C)C(C)C(O)c3ccccc3)C(C)C(c3ccc(CO)cc3)O2)c1. The zero-order chi connectivity index (χ0) is 31.6. The second-order valence-corrected chi connectivity index (χ2v) is 11.1. The van der Waals surface area contributed by atoms with Crippen molar-refractivity contribution in [3.63, 3.8) is 0 Å². The molecule has 0 aliphatic carbocycles.